The van der Waals surface area contributed by atoms with Crippen LogP contribution in [0.25, 0.3) is 0 Å². The molecule has 0 spiro atoms. The second-order valence-electron chi connectivity index (χ2n) is 4.99. The molecule has 0 heterocycles. The maximum absolute atomic E-state index is 9.98. The molecule has 6 radical (unpaired) electrons. The second kappa shape index (κ2) is 70.9. The minimum atomic E-state index is -2.31. The van der Waals surface area contributed by atoms with Crippen molar-refractivity contribution >= 4 is 60.8 Å². The van der Waals surface area contributed by atoms with Crippen molar-refractivity contribution in [2.45, 2.75) is 48.8 Å². The average molecular weight is 918 g/mol. The summed E-state index contributed by atoms with van der Waals surface area (Å²) in [5.74, 6) is -3.95. The van der Waals surface area contributed by atoms with Crippen molar-refractivity contribution in [3.8, 4) is 0 Å². The van der Waals surface area contributed by atoms with Crippen LogP contribution in [0.15, 0.2) is 0 Å². The Hall–Kier alpha value is 2.70. The molecule has 8 atom stereocenters. The Kier molecular flexibility index (Phi) is 211. The molecule has 43 heavy (non-hydrogen) atoms. The molecule has 0 amide bonds. The van der Waals surface area contributed by atoms with Gasteiger partial charge >= 0.3 is 88.7 Å². The molecular weight excluding hydrogens is 873 g/mol. The summed E-state index contributed by atoms with van der Waals surface area (Å²) in [6.07, 6.45) is -16.2. The molecule has 0 rings (SSSR count). The van der Waals surface area contributed by atoms with E-state index in [2.05, 4.69) is 0 Å². The summed E-state index contributed by atoms with van der Waals surface area (Å²) in [5, 5.41) is 107. The van der Waals surface area contributed by atoms with Gasteiger partial charge < -0.3 is 137 Å². The van der Waals surface area contributed by atoms with Crippen LogP contribution in [0, 0.1) is 0 Å². The Balaban J connectivity index is -0.0000000113. The SMILES string of the molecule is O.O.O.O.O.O.O.O.O.O.O.O=C([O-])C(O)C(O)C(O)C(O)CO.O=C([O-])C(O)C(O)C(O)C(O)CO.[Na+].[Na+].[Na+].[OH-].[Sb].[Sb]. The third-order valence-corrected chi connectivity index (χ3v) is 2.99. The molecule has 0 aromatic carbocycles. The van der Waals surface area contributed by atoms with Crippen molar-refractivity contribution in [2.75, 3.05) is 13.2 Å². The van der Waals surface area contributed by atoms with Crippen LogP contribution in [-0.2, 0) is 9.59 Å². The summed E-state index contributed by atoms with van der Waals surface area (Å²) in [6, 6.07) is 0. The number of aliphatic carboxylic acids is 2. The molecule has 262 valence electrons. The first-order valence-corrected chi connectivity index (χ1v) is 6.91. The number of rotatable bonds is 10. The van der Waals surface area contributed by atoms with Gasteiger partial charge in [-0.05, 0) is 0 Å². The number of carbonyl (C=O) groups excluding carboxylic acids is 2. The molecule has 33 N–H and O–H groups in total. The molecule has 31 heteroatoms. The van der Waals surface area contributed by atoms with E-state index in [1.807, 2.05) is 0 Å². The van der Waals surface area contributed by atoms with Gasteiger partial charge in [-0.2, -0.15) is 0 Å². The van der Waals surface area contributed by atoms with E-state index in [-0.39, 0.29) is 203 Å². The van der Waals surface area contributed by atoms with Crippen molar-refractivity contribution < 1.29 is 225 Å². The zero-order valence-corrected chi connectivity index (χ0v) is 34.1. The van der Waals surface area contributed by atoms with Crippen LogP contribution in [0.1, 0.15) is 0 Å². The van der Waals surface area contributed by atoms with Crippen LogP contribution in [0.4, 0.5) is 0 Å². The Labute approximate surface area is 344 Å². The van der Waals surface area contributed by atoms with E-state index in [1.54, 1.807) is 0 Å². The predicted molar refractivity (Wildman–Crippen MR) is 125 cm³/mol. The van der Waals surface area contributed by atoms with Gasteiger partial charge in [0, 0.05) is 48.9 Å². The minimum Gasteiger partial charge on any atom is -0.870 e. The van der Waals surface area contributed by atoms with Gasteiger partial charge in [0.25, 0.3) is 0 Å². The molecule has 0 aliphatic carbocycles. The van der Waals surface area contributed by atoms with E-state index in [4.69, 9.17) is 51.1 Å². The monoisotopic (exact) mass is 916 g/mol. The summed E-state index contributed by atoms with van der Waals surface area (Å²) in [4.78, 5) is 20.0. The van der Waals surface area contributed by atoms with Gasteiger partial charge in [-0.15, -0.1) is 0 Å². The van der Waals surface area contributed by atoms with E-state index < -0.39 is 74.0 Å². The first kappa shape index (κ1) is 128. The maximum atomic E-state index is 9.98. The predicted octanol–water partition coefficient (Wildman–Crippen LogP) is -28.7. The summed E-state index contributed by atoms with van der Waals surface area (Å²) < 4.78 is 0. The first-order chi connectivity index (χ1) is 11.8. The van der Waals surface area contributed by atoms with Crippen LogP contribution in [-0.4, -0.2) is 240 Å². The Morgan fingerprint density at radius 1 is 0.442 bits per heavy atom. The summed E-state index contributed by atoms with van der Waals surface area (Å²) in [7, 11) is 0. The van der Waals surface area contributed by atoms with Crippen LogP contribution < -0.4 is 98.9 Å². The van der Waals surface area contributed by atoms with E-state index >= 15 is 0 Å². The largest absolute Gasteiger partial charge is 1.00 e. The summed E-state index contributed by atoms with van der Waals surface area (Å²) in [6.45, 7) is -1.73. The molecule has 0 aliphatic heterocycles. The minimum absolute atomic E-state index is 0. The van der Waals surface area contributed by atoms with E-state index in [0.29, 0.717) is 0 Å². The van der Waals surface area contributed by atoms with Gasteiger partial charge in [0.2, 0.25) is 0 Å². The zero-order chi connectivity index (χ0) is 21.2. The van der Waals surface area contributed by atoms with Gasteiger partial charge in [-0.3, -0.25) is 0 Å². The number of aliphatic hydroxyl groups excluding tert-OH is 10. The number of hydrogen-bond donors (Lipinski definition) is 10. The second-order valence-corrected chi connectivity index (χ2v) is 4.99. The fourth-order valence-electron chi connectivity index (χ4n) is 1.32. The van der Waals surface area contributed by atoms with Gasteiger partial charge in [0.15, 0.2) is 0 Å². The third-order valence-electron chi connectivity index (χ3n) is 2.99. The molecular formula is C12H45Na3O26Sb2. The fraction of sp³-hybridized carbons (Fsp3) is 0.833. The summed E-state index contributed by atoms with van der Waals surface area (Å²) in [5.41, 5.74) is 0. The molecule has 26 nitrogen and oxygen atoms in total. The van der Waals surface area contributed by atoms with Crippen molar-refractivity contribution in [2.24, 2.45) is 0 Å². The number of aliphatic hydroxyl groups is 10. The van der Waals surface area contributed by atoms with Crippen LogP contribution in [0.5, 0.6) is 0 Å². The average Bonchev–Trinajstić information content (AvgIpc) is 2.62. The van der Waals surface area contributed by atoms with Crippen molar-refractivity contribution in [3.05, 3.63) is 0 Å². The van der Waals surface area contributed by atoms with E-state index in [9.17, 15) is 19.8 Å². The smallest absolute Gasteiger partial charge is 0.870 e. The third kappa shape index (κ3) is 54.4. The van der Waals surface area contributed by atoms with Gasteiger partial charge in [0.1, 0.15) is 48.8 Å². The van der Waals surface area contributed by atoms with Crippen LogP contribution in [0.3, 0.4) is 0 Å². The molecule has 0 bridgehead atoms. The Morgan fingerprint density at radius 2 is 0.581 bits per heavy atom. The zero-order valence-electron chi connectivity index (χ0n) is 23.0. The quantitative estimate of drug-likeness (QED) is 0.0910. The first-order valence-electron chi connectivity index (χ1n) is 6.91. The molecule has 8 unspecified atom stereocenters. The van der Waals surface area contributed by atoms with Crippen LogP contribution >= 0.6 is 0 Å². The van der Waals surface area contributed by atoms with Crippen molar-refractivity contribution in [3.63, 3.8) is 0 Å². The van der Waals surface area contributed by atoms with Gasteiger partial charge in [0.05, 0.1) is 25.2 Å². The number of carbonyl (C=O) groups is 2. The molecule has 0 aliphatic rings. The summed E-state index contributed by atoms with van der Waals surface area (Å²) >= 11 is 0. The maximum Gasteiger partial charge on any atom is 1.00 e. The molecule has 0 aromatic heterocycles. The topological polar surface area (TPSA) is 659 Å². The number of carboxylic acid groups (broad SMARTS) is 2. The fourth-order valence-corrected chi connectivity index (χ4v) is 1.32. The molecule has 0 aromatic rings. The standard InChI is InChI=1S/2C6H12O7.3Na.12H2O.2Sb/c2*7-1-2(8)3(9)4(10)5(11)6(12)13;;;;;;;;;;;;;;;;;/h2*2-5,7-11H,1H2,(H,12,13);;;;12*1H2;;/q;;3*+1;;;;;;;;;;;;;;/p-3. The molecule has 0 fully saturated rings. The van der Waals surface area contributed by atoms with Crippen LogP contribution in [0.2, 0.25) is 0 Å². The Bertz CT molecular complexity index is 414. The van der Waals surface area contributed by atoms with Gasteiger partial charge in [-0.1, -0.05) is 0 Å². The van der Waals surface area contributed by atoms with Crippen molar-refractivity contribution in [1.29, 1.82) is 0 Å². The van der Waals surface area contributed by atoms with E-state index in [0.717, 1.165) is 0 Å². The molecule has 0 saturated heterocycles. The van der Waals surface area contributed by atoms with E-state index in [1.165, 1.54) is 0 Å². The number of hydrogen-bond acceptors (Lipinski definition) is 15. The van der Waals surface area contributed by atoms with Crippen molar-refractivity contribution in [1.82, 2.24) is 0 Å². The number of carboxylic acids is 2. The normalized spacial score (nSPS) is 12.3. The Morgan fingerprint density at radius 3 is 0.674 bits per heavy atom. The molecule has 0 saturated carbocycles. The van der Waals surface area contributed by atoms with Gasteiger partial charge in [-0.25, -0.2) is 0 Å².